The molecule has 1 unspecified atom stereocenters. The van der Waals surface area contributed by atoms with Crippen molar-refractivity contribution in [3.63, 3.8) is 0 Å². The molecule has 1 aromatic heterocycles. The Kier molecular flexibility index (Phi) is 2.80. The summed E-state index contributed by atoms with van der Waals surface area (Å²) in [4.78, 5) is 25.0. The Labute approximate surface area is 102 Å². The molecule has 94 valence electrons. The first-order chi connectivity index (χ1) is 8.45. The fraction of sp³-hybridized carbons (Fsp3) is 0.167. The molecule has 0 aliphatic carbocycles. The van der Waals surface area contributed by atoms with E-state index >= 15 is 0 Å². The highest BCUT2D eigenvalue weighted by molar-refractivity contribution is 5.94. The number of rotatable bonds is 4. The quantitative estimate of drug-likeness (QED) is 0.640. The maximum Gasteiger partial charge on any atom is 0.329 e. The number of hydrogen-bond donors (Lipinski definition) is 4. The lowest BCUT2D eigenvalue weighted by Gasteiger charge is -2.22. The van der Waals surface area contributed by atoms with E-state index in [2.05, 4.69) is 4.98 Å². The summed E-state index contributed by atoms with van der Waals surface area (Å²) in [5, 5.41) is 18.6. The summed E-state index contributed by atoms with van der Waals surface area (Å²) in [5.41, 5.74) is 4.82. The number of carbonyl (C=O) groups is 2. The van der Waals surface area contributed by atoms with Crippen LogP contribution in [0.5, 0.6) is 0 Å². The van der Waals surface area contributed by atoms with Gasteiger partial charge in [-0.25, -0.2) is 4.79 Å². The van der Waals surface area contributed by atoms with E-state index in [4.69, 9.17) is 10.8 Å². The van der Waals surface area contributed by atoms with Crippen molar-refractivity contribution in [3.8, 4) is 0 Å². The fourth-order valence-corrected chi connectivity index (χ4v) is 1.97. The number of nitrogens with one attached hydrogen (secondary N) is 1. The van der Waals surface area contributed by atoms with Crippen LogP contribution >= 0.6 is 0 Å². The molecule has 0 radical (unpaired) electrons. The van der Waals surface area contributed by atoms with Crippen LogP contribution in [-0.4, -0.2) is 27.1 Å². The summed E-state index contributed by atoms with van der Waals surface area (Å²) in [6.07, 6.45) is 0.770. The van der Waals surface area contributed by atoms with Crippen molar-refractivity contribution >= 4 is 22.8 Å². The first-order valence-electron chi connectivity index (χ1n) is 5.26. The van der Waals surface area contributed by atoms with Gasteiger partial charge in [0.1, 0.15) is 0 Å². The number of carboxylic acid groups (broad SMARTS) is 2. The monoisotopic (exact) mass is 248 g/mol. The summed E-state index contributed by atoms with van der Waals surface area (Å²) >= 11 is 0. The van der Waals surface area contributed by atoms with Crippen molar-refractivity contribution in [3.05, 3.63) is 36.0 Å². The average Bonchev–Trinajstić information content (AvgIpc) is 2.71. The molecule has 0 saturated carbocycles. The summed E-state index contributed by atoms with van der Waals surface area (Å²) in [6, 6.07) is 7.00. The molecule has 2 aromatic rings. The Hall–Kier alpha value is -2.34. The van der Waals surface area contributed by atoms with Crippen LogP contribution < -0.4 is 5.73 Å². The van der Waals surface area contributed by atoms with E-state index in [1.54, 1.807) is 24.3 Å². The maximum atomic E-state index is 11.3. The van der Waals surface area contributed by atoms with Crippen LogP contribution in [-0.2, 0) is 15.1 Å². The van der Waals surface area contributed by atoms with Gasteiger partial charge in [-0.15, -0.1) is 0 Å². The van der Waals surface area contributed by atoms with E-state index < -0.39 is 23.9 Å². The third-order valence-electron chi connectivity index (χ3n) is 2.88. The summed E-state index contributed by atoms with van der Waals surface area (Å²) < 4.78 is 0. The second-order valence-electron chi connectivity index (χ2n) is 4.09. The molecule has 18 heavy (non-hydrogen) atoms. The number of aliphatic carboxylic acids is 2. The minimum atomic E-state index is -1.94. The van der Waals surface area contributed by atoms with Crippen LogP contribution in [0.15, 0.2) is 30.5 Å². The number of fused-ring (bicyclic) bond motifs is 1. The molecule has 1 atom stereocenters. The highest BCUT2D eigenvalue weighted by atomic mass is 16.4. The number of para-hydroxylation sites is 1. The predicted molar refractivity (Wildman–Crippen MR) is 64.1 cm³/mol. The zero-order valence-corrected chi connectivity index (χ0v) is 9.38. The zero-order valence-electron chi connectivity index (χ0n) is 9.38. The number of aromatic amines is 1. The lowest BCUT2D eigenvalue weighted by molar-refractivity contribution is -0.150. The average molecular weight is 248 g/mol. The lowest BCUT2D eigenvalue weighted by atomic mass is 9.87. The first-order valence-corrected chi connectivity index (χ1v) is 5.26. The van der Waals surface area contributed by atoms with Gasteiger partial charge in [-0.1, -0.05) is 18.2 Å². The van der Waals surface area contributed by atoms with E-state index in [0.717, 1.165) is 0 Å². The molecule has 0 amide bonds. The zero-order chi connectivity index (χ0) is 13.3. The largest absolute Gasteiger partial charge is 0.481 e. The van der Waals surface area contributed by atoms with Gasteiger partial charge in [0.15, 0.2) is 5.54 Å². The summed E-state index contributed by atoms with van der Waals surface area (Å²) in [6.45, 7) is 0. The molecule has 1 heterocycles. The third kappa shape index (κ3) is 1.82. The Morgan fingerprint density at radius 1 is 1.28 bits per heavy atom. The summed E-state index contributed by atoms with van der Waals surface area (Å²) in [7, 11) is 0. The van der Waals surface area contributed by atoms with Crippen LogP contribution in [0.1, 0.15) is 12.0 Å². The van der Waals surface area contributed by atoms with Crippen molar-refractivity contribution in [1.82, 2.24) is 4.98 Å². The van der Waals surface area contributed by atoms with Gasteiger partial charge < -0.3 is 20.9 Å². The first kappa shape index (κ1) is 12.1. The second-order valence-corrected chi connectivity index (χ2v) is 4.09. The molecule has 2 rings (SSSR count). The van der Waals surface area contributed by atoms with Gasteiger partial charge >= 0.3 is 11.9 Å². The fourth-order valence-electron chi connectivity index (χ4n) is 1.97. The number of hydrogen-bond acceptors (Lipinski definition) is 3. The van der Waals surface area contributed by atoms with E-state index in [0.29, 0.717) is 10.9 Å². The molecule has 0 spiro atoms. The molecule has 0 aliphatic heterocycles. The van der Waals surface area contributed by atoms with Crippen molar-refractivity contribution in [2.45, 2.75) is 12.0 Å². The number of aromatic nitrogens is 1. The van der Waals surface area contributed by atoms with Gasteiger partial charge in [-0.2, -0.15) is 0 Å². The lowest BCUT2D eigenvalue weighted by Crippen LogP contribution is -2.46. The van der Waals surface area contributed by atoms with E-state index in [-0.39, 0.29) is 5.56 Å². The van der Waals surface area contributed by atoms with Crippen molar-refractivity contribution in [1.29, 1.82) is 0 Å². The highest BCUT2D eigenvalue weighted by Gasteiger charge is 2.40. The topological polar surface area (TPSA) is 116 Å². The second kappa shape index (κ2) is 4.15. The molecule has 0 aliphatic rings. The van der Waals surface area contributed by atoms with Crippen LogP contribution in [0.3, 0.4) is 0 Å². The van der Waals surface area contributed by atoms with Gasteiger partial charge in [0, 0.05) is 22.7 Å². The Bertz CT molecular complexity index is 619. The third-order valence-corrected chi connectivity index (χ3v) is 2.88. The van der Waals surface area contributed by atoms with E-state index in [1.165, 1.54) is 6.20 Å². The predicted octanol–water partition coefficient (Wildman–Crippen LogP) is 0.881. The molecule has 6 nitrogen and oxygen atoms in total. The van der Waals surface area contributed by atoms with Crippen molar-refractivity contribution < 1.29 is 19.8 Å². The number of H-pyrrole nitrogens is 1. The molecule has 5 N–H and O–H groups in total. The van der Waals surface area contributed by atoms with Crippen molar-refractivity contribution in [2.75, 3.05) is 0 Å². The number of nitrogens with two attached hydrogens (primary N) is 1. The maximum absolute atomic E-state index is 11.3. The normalized spacial score (nSPS) is 14.3. The Balaban J connectivity index is 2.62. The van der Waals surface area contributed by atoms with Gasteiger partial charge in [0.2, 0.25) is 0 Å². The standard InChI is InChI=1S/C12H12N2O4/c13-12(11(17)18,5-10(15)16)8-6-14-9-4-2-1-3-7(8)9/h1-4,6,14H,5,13H2,(H,15,16)(H,17,18). The number of benzene rings is 1. The minimum absolute atomic E-state index is 0.271. The molecule has 0 fully saturated rings. The van der Waals surface area contributed by atoms with Gasteiger partial charge in [0.25, 0.3) is 0 Å². The number of carboxylic acids is 2. The van der Waals surface area contributed by atoms with Gasteiger partial charge in [-0.05, 0) is 6.07 Å². The van der Waals surface area contributed by atoms with E-state index in [1.807, 2.05) is 0 Å². The van der Waals surface area contributed by atoms with Crippen LogP contribution in [0, 0.1) is 0 Å². The molecule has 0 bridgehead atoms. The molecule has 0 saturated heterocycles. The van der Waals surface area contributed by atoms with Crippen LogP contribution in [0.25, 0.3) is 10.9 Å². The van der Waals surface area contributed by atoms with Crippen LogP contribution in [0.2, 0.25) is 0 Å². The Morgan fingerprint density at radius 3 is 2.56 bits per heavy atom. The van der Waals surface area contributed by atoms with Gasteiger partial charge in [-0.3, -0.25) is 4.79 Å². The highest BCUT2D eigenvalue weighted by Crippen LogP contribution is 2.29. The molecular weight excluding hydrogens is 236 g/mol. The molecule has 1 aromatic carbocycles. The van der Waals surface area contributed by atoms with Gasteiger partial charge in [0.05, 0.1) is 6.42 Å². The van der Waals surface area contributed by atoms with Crippen LogP contribution in [0.4, 0.5) is 0 Å². The van der Waals surface area contributed by atoms with Crippen molar-refractivity contribution in [2.24, 2.45) is 5.73 Å². The Morgan fingerprint density at radius 2 is 1.94 bits per heavy atom. The smallest absolute Gasteiger partial charge is 0.329 e. The minimum Gasteiger partial charge on any atom is -0.481 e. The van der Waals surface area contributed by atoms with E-state index in [9.17, 15) is 14.7 Å². The summed E-state index contributed by atoms with van der Waals surface area (Å²) in [5.74, 6) is -2.63. The molecule has 6 heteroatoms. The molecular formula is C12H12N2O4. The SMILES string of the molecule is NC(CC(=O)O)(C(=O)O)c1c[nH]c2ccccc12.